The van der Waals surface area contributed by atoms with Crippen molar-refractivity contribution in [1.29, 1.82) is 0 Å². The molecule has 182 valence electrons. The lowest BCUT2D eigenvalue weighted by atomic mass is 10.1. The number of ether oxygens (including phenoxy) is 2. The first-order valence-electron chi connectivity index (χ1n) is 11.4. The lowest BCUT2D eigenvalue weighted by molar-refractivity contribution is 0.0697. The molecule has 0 radical (unpaired) electrons. The van der Waals surface area contributed by atoms with Gasteiger partial charge in [-0.1, -0.05) is 0 Å². The molecule has 9 nitrogen and oxygen atoms in total. The number of hydrogen-bond acceptors (Lipinski definition) is 6. The van der Waals surface area contributed by atoms with Crippen LogP contribution in [0.1, 0.15) is 55.5 Å². The third-order valence-electron chi connectivity index (χ3n) is 5.66. The third kappa shape index (κ3) is 5.01. The zero-order valence-electron chi connectivity index (χ0n) is 20.3. The van der Waals surface area contributed by atoms with Crippen LogP contribution in [0.15, 0.2) is 23.1 Å². The van der Waals surface area contributed by atoms with Crippen molar-refractivity contribution in [2.45, 2.75) is 52.5 Å². The fraction of sp³-hybridized carbons (Fsp3) is 0.565. The van der Waals surface area contributed by atoms with Crippen molar-refractivity contribution in [2.24, 2.45) is 0 Å². The summed E-state index contributed by atoms with van der Waals surface area (Å²) in [5.74, 6) is 0.968. The third-order valence-corrected chi connectivity index (χ3v) is 7.81. The highest BCUT2D eigenvalue weighted by Crippen LogP contribution is 2.30. The van der Waals surface area contributed by atoms with Gasteiger partial charge in [0.25, 0.3) is 5.91 Å². The van der Waals surface area contributed by atoms with Crippen LogP contribution >= 0.6 is 0 Å². The lowest BCUT2D eigenvalue weighted by Crippen LogP contribution is -2.50. The predicted molar refractivity (Wildman–Crippen MR) is 126 cm³/mol. The molecule has 1 aromatic heterocycles. The zero-order valence-corrected chi connectivity index (χ0v) is 21.1. The number of nitrogens with zero attached hydrogens (tertiary/aromatic N) is 4. The highest BCUT2D eigenvalue weighted by Gasteiger charge is 2.34. The Labute approximate surface area is 196 Å². The van der Waals surface area contributed by atoms with E-state index in [1.807, 2.05) is 27.7 Å². The van der Waals surface area contributed by atoms with Gasteiger partial charge >= 0.3 is 0 Å². The van der Waals surface area contributed by atoms with Crippen molar-refractivity contribution >= 4 is 15.9 Å². The van der Waals surface area contributed by atoms with Gasteiger partial charge in [0.1, 0.15) is 4.90 Å². The molecule has 2 heterocycles. The van der Waals surface area contributed by atoms with Gasteiger partial charge in [-0.05, 0) is 59.7 Å². The van der Waals surface area contributed by atoms with Gasteiger partial charge in [-0.25, -0.2) is 8.42 Å². The van der Waals surface area contributed by atoms with E-state index in [-0.39, 0.29) is 29.9 Å². The molecular weight excluding hydrogens is 444 g/mol. The molecule has 1 aliphatic heterocycles. The predicted octanol–water partition coefficient (Wildman–Crippen LogP) is 3.02. The fourth-order valence-electron chi connectivity index (χ4n) is 4.15. The second kappa shape index (κ2) is 10.1. The van der Waals surface area contributed by atoms with Crippen LogP contribution < -0.4 is 9.47 Å². The van der Waals surface area contributed by atoms with Gasteiger partial charge in [0.2, 0.25) is 10.0 Å². The number of aryl methyl sites for hydroxylation is 1. The normalized spacial score (nSPS) is 15.2. The van der Waals surface area contributed by atoms with Crippen molar-refractivity contribution in [3.05, 3.63) is 35.2 Å². The second-order valence-corrected chi connectivity index (χ2v) is 10.1. The van der Waals surface area contributed by atoms with Gasteiger partial charge in [0.15, 0.2) is 11.5 Å². The highest BCUT2D eigenvalue weighted by atomic mass is 32.2. The van der Waals surface area contributed by atoms with Crippen LogP contribution in [-0.2, 0) is 10.0 Å². The smallest absolute Gasteiger partial charge is 0.254 e. The Bertz CT molecular complexity index is 1100. The summed E-state index contributed by atoms with van der Waals surface area (Å²) in [6, 6.07) is 5.21. The van der Waals surface area contributed by atoms with Crippen LogP contribution in [0.25, 0.3) is 0 Å². The lowest BCUT2D eigenvalue weighted by Gasteiger charge is -2.34. The van der Waals surface area contributed by atoms with Gasteiger partial charge in [-0.3, -0.25) is 9.48 Å². The average Bonchev–Trinajstić information content (AvgIpc) is 3.09. The average molecular weight is 479 g/mol. The summed E-state index contributed by atoms with van der Waals surface area (Å²) in [6.07, 6.45) is 0. The van der Waals surface area contributed by atoms with Crippen molar-refractivity contribution in [2.75, 3.05) is 39.4 Å². The second-order valence-electron chi connectivity index (χ2n) is 8.26. The molecule has 33 heavy (non-hydrogen) atoms. The maximum Gasteiger partial charge on any atom is 0.254 e. The summed E-state index contributed by atoms with van der Waals surface area (Å²) in [4.78, 5) is 15.0. The highest BCUT2D eigenvalue weighted by molar-refractivity contribution is 7.89. The van der Waals surface area contributed by atoms with Crippen LogP contribution in [-0.4, -0.2) is 72.7 Å². The van der Waals surface area contributed by atoms with Gasteiger partial charge in [0.05, 0.1) is 24.6 Å². The van der Waals surface area contributed by atoms with E-state index in [2.05, 4.69) is 5.10 Å². The summed E-state index contributed by atoms with van der Waals surface area (Å²) in [7, 11) is -3.70. The van der Waals surface area contributed by atoms with E-state index in [9.17, 15) is 13.2 Å². The Morgan fingerprint density at radius 3 is 2.18 bits per heavy atom. The first kappa shape index (κ1) is 25.0. The Hall–Kier alpha value is -2.59. The molecule has 1 fully saturated rings. The number of piperazine rings is 1. The standard InChI is InChI=1S/C23H34N4O5S/c1-7-31-20-10-9-19(15-21(20)32-8-2)23(28)25-11-13-26(14-12-25)33(29,30)22-17(5)24-27(16(3)4)18(22)6/h9-10,15-16H,7-8,11-14H2,1-6H3. The van der Waals surface area contributed by atoms with E-state index in [1.54, 1.807) is 41.6 Å². The number of benzene rings is 1. The summed E-state index contributed by atoms with van der Waals surface area (Å²) < 4.78 is 41.1. The number of sulfonamides is 1. The topological polar surface area (TPSA) is 94.0 Å². The number of rotatable bonds is 8. The Morgan fingerprint density at radius 1 is 1.03 bits per heavy atom. The minimum atomic E-state index is -3.70. The molecule has 1 aromatic carbocycles. The monoisotopic (exact) mass is 478 g/mol. The minimum absolute atomic E-state index is 0.0674. The molecule has 0 bridgehead atoms. The van der Waals surface area contributed by atoms with Gasteiger partial charge in [0, 0.05) is 37.8 Å². The van der Waals surface area contributed by atoms with E-state index in [4.69, 9.17) is 9.47 Å². The maximum atomic E-state index is 13.4. The summed E-state index contributed by atoms with van der Waals surface area (Å²) in [5, 5.41) is 4.42. The number of aromatic nitrogens is 2. The van der Waals surface area contributed by atoms with Crippen LogP contribution in [0.2, 0.25) is 0 Å². The Morgan fingerprint density at radius 2 is 1.64 bits per heavy atom. The molecule has 0 aliphatic carbocycles. The van der Waals surface area contributed by atoms with Crippen molar-refractivity contribution in [3.63, 3.8) is 0 Å². The van der Waals surface area contributed by atoms with E-state index in [1.165, 1.54) is 4.31 Å². The molecule has 1 aliphatic rings. The molecule has 10 heteroatoms. The van der Waals surface area contributed by atoms with Crippen molar-refractivity contribution < 1.29 is 22.7 Å². The molecule has 0 atom stereocenters. The molecule has 3 rings (SSSR count). The SMILES string of the molecule is CCOc1ccc(C(=O)N2CCN(S(=O)(=O)c3c(C)nn(C(C)C)c3C)CC2)cc1OCC. The number of carbonyl (C=O) groups is 1. The zero-order chi connectivity index (χ0) is 24.3. The van der Waals surface area contributed by atoms with E-state index in [0.717, 1.165) is 0 Å². The first-order valence-corrected chi connectivity index (χ1v) is 12.8. The Balaban J connectivity index is 1.75. The molecule has 0 spiro atoms. The number of amides is 1. The van der Waals surface area contributed by atoms with E-state index in [0.29, 0.717) is 54.8 Å². The van der Waals surface area contributed by atoms with Crippen molar-refractivity contribution in [3.8, 4) is 11.5 Å². The number of carbonyl (C=O) groups excluding carboxylic acids is 1. The largest absolute Gasteiger partial charge is 0.490 e. The quantitative estimate of drug-likeness (QED) is 0.579. The molecule has 0 unspecified atom stereocenters. The van der Waals surface area contributed by atoms with Crippen molar-refractivity contribution in [1.82, 2.24) is 19.0 Å². The first-order chi connectivity index (χ1) is 15.6. The van der Waals surface area contributed by atoms with Crippen LogP contribution in [0, 0.1) is 13.8 Å². The molecule has 0 saturated carbocycles. The summed E-state index contributed by atoms with van der Waals surface area (Å²) in [5.41, 5.74) is 1.62. The van der Waals surface area contributed by atoms with Crippen LogP contribution in [0.4, 0.5) is 0 Å². The maximum absolute atomic E-state index is 13.4. The van der Waals surface area contributed by atoms with E-state index >= 15 is 0 Å². The van der Waals surface area contributed by atoms with Crippen LogP contribution in [0.5, 0.6) is 11.5 Å². The molecule has 1 saturated heterocycles. The Kier molecular flexibility index (Phi) is 7.69. The van der Waals surface area contributed by atoms with E-state index < -0.39 is 10.0 Å². The summed E-state index contributed by atoms with van der Waals surface area (Å²) in [6.45, 7) is 13.3. The molecule has 2 aromatic rings. The summed E-state index contributed by atoms with van der Waals surface area (Å²) >= 11 is 0. The molecule has 1 amide bonds. The fourth-order valence-corrected chi connectivity index (χ4v) is 5.93. The van der Waals surface area contributed by atoms with Gasteiger partial charge in [-0.15, -0.1) is 0 Å². The minimum Gasteiger partial charge on any atom is -0.490 e. The molecule has 0 N–H and O–H groups in total. The van der Waals surface area contributed by atoms with Crippen LogP contribution in [0.3, 0.4) is 0 Å². The molecular formula is C23H34N4O5S. The van der Waals surface area contributed by atoms with Gasteiger partial charge < -0.3 is 14.4 Å². The number of hydrogen-bond donors (Lipinski definition) is 0. The van der Waals surface area contributed by atoms with Gasteiger partial charge in [-0.2, -0.15) is 9.40 Å².